The monoisotopic (exact) mass is 454 g/mol. The molecule has 0 aliphatic heterocycles. The van der Waals surface area contributed by atoms with E-state index in [1.165, 1.54) is 11.6 Å². The van der Waals surface area contributed by atoms with Crippen molar-refractivity contribution in [2.45, 2.75) is 40.5 Å². The third-order valence-electron chi connectivity index (χ3n) is 3.96. The molecule has 6 heteroatoms. The Morgan fingerprint density at radius 1 is 1.30 bits per heavy atom. The van der Waals surface area contributed by atoms with Gasteiger partial charge in [-0.15, -0.1) is 0 Å². The maximum Gasteiger partial charge on any atom is 0.170 e. The average Bonchev–Trinajstić information content (AvgIpc) is 2.66. The number of hydrogen-bond acceptors (Lipinski definition) is 2. The zero-order valence-electron chi connectivity index (χ0n) is 16.4. The molecular weight excluding hydrogens is 427 g/mol. The quantitative estimate of drug-likeness (QED) is 0.366. The Morgan fingerprint density at radius 3 is 2.67 bits per heavy atom. The Kier molecular flexibility index (Phi) is 11.0. The van der Waals surface area contributed by atoms with Crippen LogP contribution in [0.5, 0.6) is 5.75 Å². The molecule has 0 saturated carbocycles. The highest BCUT2D eigenvalue weighted by Crippen LogP contribution is 2.21. The first-order chi connectivity index (χ1) is 12.9. The van der Waals surface area contributed by atoms with E-state index in [-0.39, 0.29) is 5.82 Å². The summed E-state index contributed by atoms with van der Waals surface area (Å²) in [7, 11) is 0. The summed E-state index contributed by atoms with van der Waals surface area (Å²) in [5.74, 6) is 0.322. The van der Waals surface area contributed by atoms with E-state index in [0.29, 0.717) is 36.0 Å². The van der Waals surface area contributed by atoms with Crippen LogP contribution in [0.4, 0.5) is 4.39 Å². The first-order valence-corrected chi connectivity index (χ1v) is 10.3. The van der Waals surface area contributed by atoms with Gasteiger partial charge in [-0.1, -0.05) is 40.6 Å². The number of allylic oxidation sites excluding steroid dienone is 5. The van der Waals surface area contributed by atoms with Gasteiger partial charge in [-0.25, -0.2) is 4.39 Å². The molecule has 0 spiro atoms. The zero-order valence-corrected chi connectivity index (χ0v) is 18.8. The van der Waals surface area contributed by atoms with Crippen LogP contribution in [-0.4, -0.2) is 18.3 Å². The summed E-state index contributed by atoms with van der Waals surface area (Å²) in [6.07, 6.45) is 7.32. The predicted molar refractivity (Wildman–Crippen MR) is 120 cm³/mol. The highest BCUT2D eigenvalue weighted by Gasteiger charge is 2.09. The SMILES string of the molecule is C/C=C(Br)\C=C/C(NC(=S)NCCc1c(F)cccc1OCC)=C(C)CC. The van der Waals surface area contributed by atoms with Gasteiger partial charge in [0, 0.05) is 22.3 Å². The van der Waals surface area contributed by atoms with E-state index < -0.39 is 0 Å². The molecule has 1 aromatic carbocycles. The average molecular weight is 455 g/mol. The van der Waals surface area contributed by atoms with Crippen molar-refractivity contribution in [1.82, 2.24) is 10.6 Å². The highest BCUT2D eigenvalue weighted by molar-refractivity contribution is 9.11. The Morgan fingerprint density at radius 2 is 2.04 bits per heavy atom. The smallest absolute Gasteiger partial charge is 0.170 e. The predicted octanol–water partition coefficient (Wildman–Crippen LogP) is 5.77. The summed E-state index contributed by atoms with van der Waals surface area (Å²) in [5, 5.41) is 6.88. The number of halogens is 2. The van der Waals surface area contributed by atoms with Crippen molar-refractivity contribution in [3.8, 4) is 5.75 Å². The molecule has 0 unspecified atom stereocenters. The van der Waals surface area contributed by atoms with Gasteiger partial charge < -0.3 is 15.4 Å². The molecule has 3 nitrogen and oxygen atoms in total. The first-order valence-electron chi connectivity index (χ1n) is 9.07. The number of rotatable bonds is 9. The van der Waals surface area contributed by atoms with Gasteiger partial charge in [-0.3, -0.25) is 0 Å². The summed E-state index contributed by atoms with van der Waals surface area (Å²) < 4.78 is 20.6. The van der Waals surface area contributed by atoms with Crippen LogP contribution in [0.1, 0.15) is 39.7 Å². The molecule has 0 bridgehead atoms. The molecule has 1 rings (SSSR count). The van der Waals surface area contributed by atoms with Gasteiger partial charge in [0.05, 0.1) is 6.61 Å². The van der Waals surface area contributed by atoms with Crippen LogP contribution in [0.2, 0.25) is 0 Å². The Balaban J connectivity index is 2.70. The van der Waals surface area contributed by atoms with E-state index in [1.807, 2.05) is 32.1 Å². The first kappa shape index (κ1) is 23.4. The van der Waals surface area contributed by atoms with Crippen LogP contribution in [0, 0.1) is 5.82 Å². The molecule has 0 fully saturated rings. The Hall–Kier alpha value is -1.66. The fourth-order valence-electron chi connectivity index (χ4n) is 2.28. The lowest BCUT2D eigenvalue weighted by molar-refractivity contribution is 0.333. The lowest BCUT2D eigenvalue weighted by Gasteiger charge is -2.15. The van der Waals surface area contributed by atoms with Gasteiger partial charge in [-0.05, 0) is 70.1 Å². The second-order valence-electron chi connectivity index (χ2n) is 5.83. The summed E-state index contributed by atoms with van der Waals surface area (Å²) in [5.41, 5.74) is 2.71. The van der Waals surface area contributed by atoms with Gasteiger partial charge >= 0.3 is 0 Å². The lowest BCUT2D eigenvalue weighted by Crippen LogP contribution is -2.36. The standard InChI is InChI=1S/C21H28BrFN2OS/c1-5-15(4)19(12-11-16(22)6-2)25-21(27)24-14-13-17-18(23)9-8-10-20(17)26-7-3/h6,8-12H,5,7,13-14H2,1-4H3,(H2,24,25,27)/b12-11-,16-6+,19-15?. The number of thiocarbonyl (C=S) groups is 1. The van der Waals surface area contributed by atoms with Gasteiger partial charge in [0.1, 0.15) is 11.6 Å². The second-order valence-corrected chi connectivity index (χ2v) is 7.16. The van der Waals surface area contributed by atoms with E-state index >= 15 is 0 Å². The van der Waals surface area contributed by atoms with Crippen molar-refractivity contribution in [3.05, 3.63) is 63.6 Å². The second kappa shape index (κ2) is 12.7. The van der Waals surface area contributed by atoms with Crippen LogP contribution in [-0.2, 0) is 6.42 Å². The number of nitrogens with one attached hydrogen (secondary N) is 2. The Labute approximate surface area is 175 Å². The molecular formula is C21H28BrFN2OS. The van der Waals surface area contributed by atoms with Crippen molar-refractivity contribution in [2.75, 3.05) is 13.2 Å². The third kappa shape index (κ3) is 8.26. The highest BCUT2D eigenvalue weighted by atomic mass is 79.9. The van der Waals surface area contributed by atoms with Crippen molar-refractivity contribution in [3.63, 3.8) is 0 Å². The minimum absolute atomic E-state index is 0.261. The Bertz CT molecular complexity index is 729. The van der Waals surface area contributed by atoms with Crippen molar-refractivity contribution >= 4 is 33.3 Å². The molecule has 0 atom stereocenters. The van der Waals surface area contributed by atoms with E-state index in [2.05, 4.69) is 40.4 Å². The molecule has 0 aliphatic carbocycles. The molecule has 148 valence electrons. The van der Waals surface area contributed by atoms with E-state index in [1.54, 1.807) is 12.1 Å². The molecule has 0 saturated heterocycles. The minimum Gasteiger partial charge on any atom is -0.493 e. The van der Waals surface area contributed by atoms with Gasteiger partial charge in [0.15, 0.2) is 5.11 Å². The molecule has 0 amide bonds. The van der Waals surface area contributed by atoms with Gasteiger partial charge in [0.25, 0.3) is 0 Å². The summed E-state index contributed by atoms with van der Waals surface area (Å²) in [4.78, 5) is 0. The van der Waals surface area contributed by atoms with Gasteiger partial charge in [-0.2, -0.15) is 0 Å². The van der Waals surface area contributed by atoms with Crippen LogP contribution in [0.3, 0.4) is 0 Å². The van der Waals surface area contributed by atoms with E-state index in [9.17, 15) is 4.39 Å². The summed E-state index contributed by atoms with van der Waals surface area (Å²) in [6.45, 7) is 9.01. The van der Waals surface area contributed by atoms with Crippen LogP contribution < -0.4 is 15.4 Å². The molecule has 0 heterocycles. The number of benzene rings is 1. The topological polar surface area (TPSA) is 33.3 Å². The number of hydrogen-bond donors (Lipinski definition) is 2. The minimum atomic E-state index is -0.261. The largest absolute Gasteiger partial charge is 0.493 e. The molecule has 1 aromatic rings. The fraction of sp³-hybridized carbons (Fsp3) is 0.381. The van der Waals surface area contributed by atoms with Crippen LogP contribution in [0.25, 0.3) is 0 Å². The van der Waals surface area contributed by atoms with E-state index in [4.69, 9.17) is 17.0 Å². The number of ether oxygens (including phenoxy) is 1. The fourth-order valence-corrected chi connectivity index (χ4v) is 2.62. The van der Waals surface area contributed by atoms with Crippen LogP contribution in [0.15, 0.2) is 52.2 Å². The molecule has 0 radical (unpaired) electrons. The maximum atomic E-state index is 14.1. The molecule has 0 aliphatic rings. The molecule has 0 aromatic heterocycles. The van der Waals surface area contributed by atoms with Crippen molar-refractivity contribution < 1.29 is 9.13 Å². The summed E-state index contributed by atoms with van der Waals surface area (Å²) >= 11 is 8.86. The zero-order chi connectivity index (χ0) is 20.2. The lowest BCUT2D eigenvalue weighted by atomic mass is 10.1. The van der Waals surface area contributed by atoms with Crippen molar-refractivity contribution in [1.29, 1.82) is 0 Å². The maximum absolute atomic E-state index is 14.1. The molecule has 27 heavy (non-hydrogen) atoms. The molecule has 2 N–H and O–H groups in total. The van der Waals surface area contributed by atoms with Crippen LogP contribution >= 0.6 is 28.1 Å². The van der Waals surface area contributed by atoms with E-state index in [0.717, 1.165) is 16.6 Å². The third-order valence-corrected chi connectivity index (χ3v) is 4.93. The normalized spacial score (nSPS) is 12.7. The van der Waals surface area contributed by atoms with Gasteiger partial charge in [0.2, 0.25) is 0 Å². The summed E-state index contributed by atoms with van der Waals surface area (Å²) in [6, 6.07) is 4.89. The van der Waals surface area contributed by atoms with Crippen molar-refractivity contribution in [2.24, 2.45) is 0 Å².